The molecule has 2 aromatic rings. The number of anilines is 1. The van der Waals surface area contributed by atoms with Crippen LogP contribution in [0.3, 0.4) is 0 Å². The number of piperidine rings is 1. The Hall–Kier alpha value is -1.98. The summed E-state index contributed by atoms with van der Waals surface area (Å²) >= 11 is 0. The molecule has 3 heterocycles. The van der Waals surface area contributed by atoms with E-state index in [4.69, 9.17) is 0 Å². The highest BCUT2D eigenvalue weighted by atomic mass is 16.1. The number of rotatable bonds is 1. The van der Waals surface area contributed by atoms with Gasteiger partial charge in [0.1, 0.15) is 17.4 Å². The molecule has 1 atom stereocenters. The van der Waals surface area contributed by atoms with Crippen LogP contribution in [0.15, 0.2) is 6.20 Å². The van der Waals surface area contributed by atoms with Gasteiger partial charge in [0.25, 0.3) is 0 Å². The molecule has 0 bridgehead atoms. The minimum absolute atomic E-state index is 0.0657. The molecular formula is C12H15N5O. The fraction of sp³-hybridized carbons (Fsp3) is 0.500. The van der Waals surface area contributed by atoms with E-state index in [1.54, 1.807) is 6.20 Å². The summed E-state index contributed by atoms with van der Waals surface area (Å²) in [5.74, 6) is 1.99. The molecule has 1 aliphatic rings. The van der Waals surface area contributed by atoms with Gasteiger partial charge in [-0.1, -0.05) is 6.92 Å². The van der Waals surface area contributed by atoms with Gasteiger partial charge < -0.3 is 4.90 Å². The second kappa shape index (κ2) is 4.04. The van der Waals surface area contributed by atoms with Crippen LogP contribution in [0.25, 0.3) is 11.0 Å². The first kappa shape index (κ1) is 11.1. The number of H-pyrrole nitrogens is 1. The van der Waals surface area contributed by atoms with Crippen LogP contribution in [0.4, 0.5) is 5.82 Å². The smallest absolute Gasteiger partial charge is 0.161 e. The number of hydrogen-bond acceptors (Lipinski definition) is 5. The van der Waals surface area contributed by atoms with E-state index in [1.165, 1.54) is 0 Å². The molecule has 94 valence electrons. The number of carbonyl (C=O) groups excluding carboxylic acids is 1. The summed E-state index contributed by atoms with van der Waals surface area (Å²) in [6, 6.07) is 0. The topological polar surface area (TPSA) is 74.8 Å². The molecule has 1 fully saturated rings. The van der Waals surface area contributed by atoms with E-state index in [0.717, 1.165) is 29.9 Å². The largest absolute Gasteiger partial charge is 0.355 e. The monoisotopic (exact) mass is 245 g/mol. The molecule has 0 amide bonds. The number of Topliss-reactive ketones (excluding diaryl/α,β-unsaturated/α-hetero) is 1. The zero-order chi connectivity index (χ0) is 12.7. The van der Waals surface area contributed by atoms with Crippen LogP contribution in [0, 0.1) is 12.8 Å². The predicted molar refractivity (Wildman–Crippen MR) is 67.4 cm³/mol. The van der Waals surface area contributed by atoms with E-state index in [2.05, 4.69) is 25.1 Å². The molecular weight excluding hydrogens is 230 g/mol. The van der Waals surface area contributed by atoms with Gasteiger partial charge in [-0.15, -0.1) is 0 Å². The Morgan fingerprint density at radius 2 is 2.28 bits per heavy atom. The fourth-order valence-corrected chi connectivity index (χ4v) is 2.38. The molecule has 0 aromatic carbocycles. The Morgan fingerprint density at radius 3 is 3.06 bits per heavy atom. The lowest BCUT2D eigenvalue weighted by Gasteiger charge is -2.31. The third-order valence-corrected chi connectivity index (χ3v) is 3.37. The van der Waals surface area contributed by atoms with Crippen LogP contribution in [0.1, 0.15) is 19.2 Å². The fourth-order valence-electron chi connectivity index (χ4n) is 2.38. The molecule has 6 nitrogen and oxygen atoms in total. The van der Waals surface area contributed by atoms with Crippen molar-refractivity contribution in [2.45, 2.75) is 20.3 Å². The Labute approximate surface area is 104 Å². The first-order valence-electron chi connectivity index (χ1n) is 6.10. The molecule has 1 N–H and O–H groups in total. The first-order chi connectivity index (χ1) is 8.65. The molecule has 0 spiro atoms. The van der Waals surface area contributed by atoms with Crippen LogP contribution in [-0.2, 0) is 4.79 Å². The molecule has 6 heteroatoms. The Kier molecular flexibility index (Phi) is 2.50. The molecule has 1 unspecified atom stereocenters. The van der Waals surface area contributed by atoms with E-state index < -0.39 is 0 Å². The SMILES string of the molecule is Cc1nc(N2CCC(=O)C(C)C2)c2cn[nH]c2n1. The number of aryl methyl sites for hydroxylation is 1. The summed E-state index contributed by atoms with van der Waals surface area (Å²) < 4.78 is 0. The minimum atomic E-state index is 0.0657. The van der Waals surface area contributed by atoms with Crippen LogP contribution < -0.4 is 4.90 Å². The summed E-state index contributed by atoms with van der Waals surface area (Å²) in [4.78, 5) is 22.5. The molecule has 1 aliphatic heterocycles. The molecule has 0 aliphatic carbocycles. The highest BCUT2D eigenvalue weighted by molar-refractivity contribution is 5.89. The van der Waals surface area contributed by atoms with E-state index in [0.29, 0.717) is 18.0 Å². The van der Waals surface area contributed by atoms with Crippen molar-refractivity contribution in [3.63, 3.8) is 0 Å². The second-order valence-electron chi connectivity index (χ2n) is 4.79. The van der Waals surface area contributed by atoms with Crippen molar-refractivity contribution in [3.8, 4) is 0 Å². The maximum Gasteiger partial charge on any atom is 0.161 e. The van der Waals surface area contributed by atoms with Gasteiger partial charge in [-0.05, 0) is 6.92 Å². The Morgan fingerprint density at radius 1 is 1.44 bits per heavy atom. The Bertz CT molecular complexity index is 606. The number of nitrogens with zero attached hydrogens (tertiary/aromatic N) is 4. The quantitative estimate of drug-likeness (QED) is 0.813. The number of hydrogen-bond donors (Lipinski definition) is 1. The van der Waals surface area contributed by atoms with Crippen LogP contribution >= 0.6 is 0 Å². The zero-order valence-electron chi connectivity index (χ0n) is 10.5. The van der Waals surface area contributed by atoms with Gasteiger partial charge in [-0.3, -0.25) is 9.89 Å². The molecule has 2 aromatic heterocycles. The average Bonchev–Trinajstić information content (AvgIpc) is 2.79. The highest BCUT2D eigenvalue weighted by Crippen LogP contribution is 2.25. The number of nitrogens with one attached hydrogen (secondary N) is 1. The van der Waals surface area contributed by atoms with Crippen molar-refractivity contribution in [1.82, 2.24) is 20.2 Å². The van der Waals surface area contributed by atoms with Crippen LogP contribution in [-0.4, -0.2) is 39.0 Å². The normalized spacial score (nSPS) is 20.7. The van der Waals surface area contributed by atoms with Crippen LogP contribution in [0.5, 0.6) is 0 Å². The Balaban J connectivity index is 2.03. The molecule has 3 rings (SSSR count). The number of fused-ring (bicyclic) bond motifs is 1. The van der Waals surface area contributed by atoms with Gasteiger partial charge in [0.15, 0.2) is 5.65 Å². The van der Waals surface area contributed by atoms with Crippen LogP contribution in [0.2, 0.25) is 0 Å². The van der Waals surface area contributed by atoms with E-state index in [-0.39, 0.29) is 5.92 Å². The van der Waals surface area contributed by atoms with Gasteiger partial charge in [-0.2, -0.15) is 5.10 Å². The van der Waals surface area contributed by atoms with E-state index in [9.17, 15) is 4.79 Å². The van der Waals surface area contributed by atoms with Crippen molar-refractivity contribution in [2.24, 2.45) is 5.92 Å². The van der Waals surface area contributed by atoms with Crippen molar-refractivity contribution in [3.05, 3.63) is 12.0 Å². The standard InChI is InChI=1S/C12H15N5O/c1-7-6-17(4-3-10(7)18)12-9-5-13-16-11(9)14-8(2)15-12/h5,7H,3-4,6H2,1-2H3,(H,13,14,15,16). The third kappa shape index (κ3) is 1.73. The van der Waals surface area contributed by atoms with Gasteiger partial charge >= 0.3 is 0 Å². The van der Waals surface area contributed by atoms with Crippen molar-refractivity contribution < 1.29 is 4.79 Å². The van der Waals surface area contributed by atoms with Gasteiger partial charge in [0.2, 0.25) is 0 Å². The summed E-state index contributed by atoms with van der Waals surface area (Å²) in [7, 11) is 0. The number of aromatic amines is 1. The van der Waals surface area contributed by atoms with E-state index >= 15 is 0 Å². The summed E-state index contributed by atoms with van der Waals surface area (Å²) in [6.07, 6.45) is 2.33. The minimum Gasteiger partial charge on any atom is -0.355 e. The lowest BCUT2D eigenvalue weighted by atomic mass is 9.98. The average molecular weight is 245 g/mol. The predicted octanol–water partition coefficient (Wildman–Crippen LogP) is 1.08. The third-order valence-electron chi connectivity index (χ3n) is 3.37. The number of ketones is 1. The molecule has 1 saturated heterocycles. The molecule has 18 heavy (non-hydrogen) atoms. The highest BCUT2D eigenvalue weighted by Gasteiger charge is 2.26. The number of carbonyl (C=O) groups is 1. The van der Waals surface area contributed by atoms with Gasteiger partial charge in [-0.25, -0.2) is 9.97 Å². The lowest BCUT2D eigenvalue weighted by molar-refractivity contribution is -0.122. The van der Waals surface area contributed by atoms with Gasteiger partial charge in [0, 0.05) is 25.4 Å². The summed E-state index contributed by atoms with van der Waals surface area (Å²) in [6.45, 7) is 5.27. The zero-order valence-corrected chi connectivity index (χ0v) is 10.5. The van der Waals surface area contributed by atoms with Crippen molar-refractivity contribution >= 4 is 22.6 Å². The summed E-state index contributed by atoms with van der Waals surface area (Å²) in [5, 5.41) is 7.79. The molecule has 0 radical (unpaired) electrons. The second-order valence-corrected chi connectivity index (χ2v) is 4.79. The van der Waals surface area contributed by atoms with Crippen molar-refractivity contribution in [1.29, 1.82) is 0 Å². The maximum atomic E-state index is 11.6. The van der Waals surface area contributed by atoms with Crippen molar-refractivity contribution in [2.75, 3.05) is 18.0 Å². The van der Waals surface area contributed by atoms with E-state index in [1.807, 2.05) is 13.8 Å². The molecule has 0 saturated carbocycles. The first-order valence-corrected chi connectivity index (χ1v) is 6.10. The lowest BCUT2D eigenvalue weighted by Crippen LogP contribution is -2.40. The maximum absolute atomic E-state index is 11.6. The van der Waals surface area contributed by atoms with Gasteiger partial charge in [0.05, 0.1) is 11.6 Å². The summed E-state index contributed by atoms with van der Waals surface area (Å²) in [5.41, 5.74) is 0.752. The number of aromatic nitrogens is 4.